The highest BCUT2D eigenvalue weighted by molar-refractivity contribution is 7.17. The van der Waals surface area contributed by atoms with Crippen LogP contribution in [0, 0.1) is 0 Å². The topological polar surface area (TPSA) is 106 Å². The highest BCUT2D eigenvalue weighted by atomic mass is 35.5. The normalized spacial score (nSPS) is 12.4. The molecule has 1 aromatic carbocycles. The standard InChI is InChI=1S/C23H24ClN5O3S/c1-13(16-6-4-14(8-17(16)24)10-28(2)3)32-22-20(21(25)31)33-23(27-22)18-9-26-19-7-5-15(12-30)11-29(18)19/h4-9,11,13,30H,10,12H2,1-3H3,(H2,25,31). The molecule has 1 amide bonds. The molecule has 3 aromatic heterocycles. The van der Waals surface area contributed by atoms with E-state index in [0.717, 1.165) is 34.6 Å². The third kappa shape index (κ3) is 4.86. The number of nitrogens with two attached hydrogens (primary N) is 1. The largest absolute Gasteiger partial charge is 0.469 e. The number of carbonyl (C=O) groups is 1. The highest BCUT2D eigenvalue weighted by Crippen LogP contribution is 2.36. The third-order valence-electron chi connectivity index (χ3n) is 5.08. The van der Waals surface area contributed by atoms with E-state index in [9.17, 15) is 9.90 Å². The number of fused-ring (bicyclic) bond motifs is 1. The minimum Gasteiger partial charge on any atom is -0.469 e. The van der Waals surface area contributed by atoms with Gasteiger partial charge < -0.3 is 20.5 Å². The molecule has 1 atom stereocenters. The van der Waals surface area contributed by atoms with Crippen molar-refractivity contribution in [3.8, 4) is 16.6 Å². The van der Waals surface area contributed by atoms with Gasteiger partial charge in [0.15, 0.2) is 4.88 Å². The van der Waals surface area contributed by atoms with Gasteiger partial charge in [0.2, 0.25) is 5.88 Å². The second-order valence-electron chi connectivity index (χ2n) is 7.94. The summed E-state index contributed by atoms with van der Waals surface area (Å²) in [6.07, 6.45) is 2.98. The van der Waals surface area contributed by atoms with E-state index in [1.807, 2.05) is 43.6 Å². The maximum absolute atomic E-state index is 12.1. The number of aliphatic hydroxyl groups excluding tert-OH is 1. The van der Waals surface area contributed by atoms with E-state index >= 15 is 0 Å². The first-order chi connectivity index (χ1) is 15.8. The molecule has 3 N–H and O–H groups in total. The van der Waals surface area contributed by atoms with Crippen LogP contribution in [-0.4, -0.2) is 44.4 Å². The summed E-state index contributed by atoms with van der Waals surface area (Å²) in [5.74, 6) is -0.477. The van der Waals surface area contributed by atoms with Crippen LogP contribution in [0.1, 0.15) is 39.4 Å². The molecule has 8 nitrogen and oxygen atoms in total. The van der Waals surface area contributed by atoms with Crippen molar-refractivity contribution in [3.63, 3.8) is 0 Å². The first-order valence-corrected chi connectivity index (χ1v) is 11.4. The molecule has 33 heavy (non-hydrogen) atoms. The molecular weight excluding hydrogens is 462 g/mol. The number of aromatic nitrogens is 3. The number of thiazole rings is 1. The van der Waals surface area contributed by atoms with Gasteiger partial charge >= 0.3 is 0 Å². The Kier molecular flexibility index (Phi) is 6.66. The monoisotopic (exact) mass is 485 g/mol. The third-order valence-corrected chi connectivity index (χ3v) is 6.48. The van der Waals surface area contributed by atoms with E-state index < -0.39 is 12.0 Å². The number of ether oxygens (including phenoxy) is 1. The molecule has 4 aromatic rings. The van der Waals surface area contributed by atoms with E-state index in [1.54, 1.807) is 24.5 Å². The summed E-state index contributed by atoms with van der Waals surface area (Å²) in [6.45, 7) is 2.52. The number of carbonyl (C=O) groups excluding carboxylic acids is 1. The van der Waals surface area contributed by atoms with E-state index in [4.69, 9.17) is 22.1 Å². The molecule has 0 bridgehead atoms. The smallest absolute Gasteiger partial charge is 0.264 e. The van der Waals surface area contributed by atoms with Gasteiger partial charge in [-0.05, 0) is 44.3 Å². The van der Waals surface area contributed by atoms with Gasteiger partial charge in [-0.15, -0.1) is 11.3 Å². The predicted molar refractivity (Wildman–Crippen MR) is 129 cm³/mol. The van der Waals surface area contributed by atoms with Gasteiger partial charge in [-0.25, -0.2) is 4.98 Å². The van der Waals surface area contributed by atoms with Crippen LogP contribution in [-0.2, 0) is 13.2 Å². The molecule has 0 spiro atoms. The van der Waals surface area contributed by atoms with E-state index in [2.05, 4.69) is 14.9 Å². The van der Waals surface area contributed by atoms with Gasteiger partial charge in [0, 0.05) is 23.3 Å². The van der Waals surface area contributed by atoms with Crippen molar-refractivity contribution in [1.29, 1.82) is 0 Å². The lowest BCUT2D eigenvalue weighted by molar-refractivity contribution is 0.0997. The number of pyridine rings is 1. The van der Waals surface area contributed by atoms with Crippen molar-refractivity contribution in [2.45, 2.75) is 26.2 Å². The number of nitrogens with zero attached hydrogens (tertiary/aromatic N) is 4. The molecule has 172 valence electrons. The Morgan fingerprint density at radius 2 is 2.06 bits per heavy atom. The lowest BCUT2D eigenvalue weighted by atomic mass is 10.1. The molecule has 10 heteroatoms. The summed E-state index contributed by atoms with van der Waals surface area (Å²) in [6, 6.07) is 9.44. The molecule has 1 unspecified atom stereocenters. The fourth-order valence-electron chi connectivity index (χ4n) is 3.52. The van der Waals surface area contributed by atoms with Crippen molar-refractivity contribution in [1.82, 2.24) is 19.3 Å². The molecule has 0 aliphatic carbocycles. The van der Waals surface area contributed by atoms with Crippen LogP contribution in [0.3, 0.4) is 0 Å². The van der Waals surface area contributed by atoms with Gasteiger partial charge in [-0.3, -0.25) is 9.20 Å². The van der Waals surface area contributed by atoms with Crippen molar-refractivity contribution < 1.29 is 14.6 Å². The molecule has 0 aliphatic heterocycles. The van der Waals surface area contributed by atoms with E-state index in [1.165, 1.54) is 0 Å². The maximum Gasteiger partial charge on any atom is 0.264 e. The van der Waals surface area contributed by atoms with Gasteiger partial charge in [-0.1, -0.05) is 29.8 Å². The molecule has 0 saturated carbocycles. The number of hydrogen-bond acceptors (Lipinski definition) is 7. The Hall–Kier alpha value is -2.98. The number of primary amides is 1. The van der Waals surface area contributed by atoms with Crippen LogP contribution in [0.4, 0.5) is 0 Å². The second kappa shape index (κ2) is 9.48. The maximum atomic E-state index is 12.1. The first kappa shape index (κ1) is 23.2. The molecule has 0 saturated heterocycles. The zero-order valence-electron chi connectivity index (χ0n) is 18.4. The van der Waals surface area contributed by atoms with Gasteiger partial charge in [-0.2, -0.15) is 4.98 Å². The zero-order valence-corrected chi connectivity index (χ0v) is 20.0. The minimum atomic E-state index is -0.627. The molecule has 3 heterocycles. The molecule has 0 radical (unpaired) electrons. The van der Waals surface area contributed by atoms with E-state index in [0.29, 0.717) is 21.4 Å². The van der Waals surface area contributed by atoms with Gasteiger partial charge in [0.25, 0.3) is 5.91 Å². The number of aliphatic hydroxyl groups is 1. The van der Waals surface area contributed by atoms with E-state index in [-0.39, 0.29) is 17.4 Å². The average molecular weight is 486 g/mol. The number of hydrogen-bond donors (Lipinski definition) is 2. The van der Waals surface area contributed by atoms with Crippen LogP contribution < -0.4 is 10.5 Å². The number of amides is 1. The average Bonchev–Trinajstić information content (AvgIpc) is 3.36. The van der Waals surface area contributed by atoms with Gasteiger partial charge in [0.1, 0.15) is 22.5 Å². The number of imidazole rings is 1. The molecular formula is C23H24ClN5O3S. The second-order valence-corrected chi connectivity index (χ2v) is 9.34. The van der Waals surface area contributed by atoms with Crippen LogP contribution >= 0.6 is 22.9 Å². The summed E-state index contributed by atoms with van der Waals surface area (Å²) in [5, 5.41) is 10.6. The zero-order chi connectivity index (χ0) is 23.7. The summed E-state index contributed by atoms with van der Waals surface area (Å²) in [4.78, 5) is 23.3. The fourth-order valence-corrected chi connectivity index (χ4v) is 4.74. The lowest BCUT2D eigenvalue weighted by Crippen LogP contribution is -2.13. The number of halogens is 1. The Labute approximate surface area is 200 Å². The Bertz CT molecular complexity index is 1320. The molecule has 0 fully saturated rings. The van der Waals surface area contributed by atoms with Crippen molar-refractivity contribution in [2.75, 3.05) is 14.1 Å². The van der Waals surface area contributed by atoms with Crippen LogP contribution in [0.2, 0.25) is 5.02 Å². The summed E-state index contributed by atoms with van der Waals surface area (Å²) >= 11 is 7.65. The quantitative estimate of drug-likeness (QED) is 0.392. The minimum absolute atomic E-state index is 0.0993. The highest BCUT2D eigenvalue weighted by Gasteiger charge is 2.23. The Morgan fingerprint density at radius 1 is 1.30 bits per heavy atom. The number of benzene rings is 1. The van der Waals surface area contributed by atoms with Crippen molar-refractivity contribution in [2.24, 2.45) is 5.73 Å². The summed E-state index contributed by atoms with van der Waals surface area (Å²) < 4.78 is 7.87. The molecule has 4 rings (SSSR count). The Balaban J connectivity index is 1.66. The predicted octanol–water partition coefficient (Wildman–Crippen LogP) is 3.90. The van der Waals surface area contributed by atoms with Crippen LogP contribution in [0.25, 0.3) is 16.3 Å². The first-order valence-electron chi connectivity index (χ1n) is 10.2. The van der Waals surface area contributed by atoms with Crippen molar-refractivity contribution >= 4 is 34.5 Å². The number of rotatable bonds is 8. The van der Waals surface area contributed by atoms with Crippen LogP contribution in [0.5, 0.6) is 5.88 Å². The molecule has 0 aliphatic rings. The Morgan fingerprint density at radius 3 is 2.73 bits per heavy atom. The van der Waals surface area contributed by atoms with Crippen LogP contribution in [0.15, 0.2) is 42.7 Å². The van der Waals surface area contributed by atoms with Crippen molar-refractivity contribution in [3.05, 3.63) is 69.3 Å². The fraction of sp³-hybridized carbons (Fsp3) is 0.261. The lowest BCUT2D eigenvalue weighted by Gasteiger charge is -2.17. The summed E-state index contributed by atoms with van der Waals surface area (Å²) in [5.41, 5.74) is 9.58. The van der Waals surface area contributed by atoms with Gasteiger partial charge in [0.05, 0.1) is 12.8 Å². The SMILES string of the molecule is CC(Oc1nc(-c2cnc3ccc(CO)cn23)sc1C(N)=O)c1ccc(CN(C)C)cc1Cl. The summed E-state index contributed by atoms with van der Waals surface area (Å²) in [7, 11) is 3.99.